The Morgan fingerprint density at radius 2 is 2.18 bits per heavy atom. The lowest BCUT2D eigenvalue weighted by Crippen LogP contribution is -2.34. The average Bonchev–Trinajstić information content (AvgIpc) is 3.03. The second-order valence-corrected chi connectivity index (χ2v) is 6.42. The first-order valence-electron chi connectivity index (χ1n) is 6.15. The van der Waals surface area contributed by atoms with E-state index in [9.17, 15) is 13.2 Å². The van der Waals surface area contributed by atoms with Crippen LogP contribution in [0, 0.1) is 11.8 Å². The number of carbonyl (C=O) groups is 1. The maximum Gasteiger partial charge on any atom is 0.236 e. The Labute approximate surface area is 104 Å². The SMILES string of the molecule is C=CCCCCS(=O)(=O)NC(=O)C1CC1CC. The zero-order valence-electron chi connectivity index (χ0n) is 10.3. The number of allylic oxidation sites excluding steroid dienone is 1. The van der Waals surface area contributed by atoms with Crippen LogP contribution in [0.2, 0.25) is 0 Å². The van der Waals surface area contributed by atoms with E-state index in [-0.39, 0.29) is 17.6 Å². The lowest BCUT2D eigenvalue weighted by molar-refractivity contribution is -0.120. The molecule has 98 valence electrons. The number of amides is 1. The van der Waals surface area contributed by atoms with Crippen molar-refractivity contribution in [2.24, 2.45) is 11.8 Å². The molecular formula is C12H21NO3S. The molecule has 0 bridgehead atoms. The Morgan fingerprint density at radius 3 is 2.71 bits per heavy atom. The highest BCUT2D eigenvalue weighted by atomic mass is 32.2. The van der Waals surface area contributed by atoms with Gasteiger partial charge in [-0.2, -0.15) is 0 Å². The van der Waals surface area contributed by atoms with Crippen LogP contribution in [-0.4, -0.2) is 20.1 Å². The van der Waals surface area contributed by atoms with Crippen molar-refractivity contribution in [3.8, 4) is 0 Å². The largest absolute Gasteiger partial charge is 0.274 e. The summed E-state index contributed by atoms with van der Waals surface area (Å²) in [4.78, 5) is 11.6. The van der Waals surface area contributed by atoms with Gasteiger partial charge in [0.1, 0.15) is 0 Å². The van der Waals surface area contributed by atoms with E-state index in [1.54, 1.807) is 6.08 Å². The summed E-state index contributed by atoms with van der Waals surface area (Å²) in [6.45, 7) is 5.59. The maximum absolute atomic E-state index is 11.6. The van der Waals surface area contributed by atoms with E-state index in [4.69, 9.17) is 0 Å². The van der Waals surface area contributed by atoms with E-state index < -0.39 is 10.0 Å². The van der Waals surface area contributed by atoms with E-state index >= 15 is 0 Å². The molecule has 1 aliphatic carbocycles. The zero-order chi connectivity index (χ0) is 12.9. The molecule has 1 rings (SSSR count). The van der Waals surface area contributed by atoms with Crippen LogP contribution in [0.4, 0.5) is 0 Å². The van der Waals surface area contributed by atoms with Gasteiger partial charge in [-0.25, -0.2) is 8.42 Å². The van der Waals surface area contributed by atoms with Gasteiger partial charge < -0.3 is 0 Å². The number of hydrogen-bond acceptors (Lipinski definition) is 3. The molecule has 0 saturated heterocycles. The minimum Gasteiger partial charge on any atom is -0.274 e. The third-order valence-corrected chi connectivity index (χ3v) is 4.45. The summed E-state index contributed by atoms with van der Waals surface area (Å²) in [5.74, 6) is 0.00491. The van der Waals surface area contributed by atoms with Crippen molar-refractivity contribution in [2.45, 2.75) is 39.0 Å². The van der Waals surface area contributed by atoms with Crippen molar-refractivity contribution >= 4 is 15.9 Å². The number of sulfonamides is 1. The van der Waals surface area contributed by atoms with Gasteiger partial charge in [0.15, 0.2) is 0 Å². The molecule has 17 heavy (non-hydrogen) atoms. The van der Waals surface area contributed by atoms with Crippen molar-refractivity contribution < 1.29 is 13.2 Å². The summed E-state index contributed by atoms with van der Waals surface area (Å²) < 4.78 is 25.3. The van der Waals surface area contributed by atoms with Crippen LogP contribution in [-0.2, 0) is 14.8 Å². The van der Waals surface area contributed by atoms with Gasteiger partial charge in [-0.3, -0.25) is 9.52 Å². The first kappa shape index (κ1) is 14.2. The quantitative estimate of drug-likeness (QED) is 0.534. The number of unbranched alkanes of at least 4 members (excludes halogenated alkanes) is 2. The second kappa shape index (κ2) is 6.19. The van der Waals surface area contributed by atoms with Crippen LogP contribution in [0.25, 0.3) is 0 Å². The summed E-state index contributed by atoms with van der Waals surface area (Å²) in [6, 6.07) is 0. The monoisotopic (exact) mass is 259 g/mol. The zero-order valence-corrected chi connectivity index (χ0v) is 11.1. The van der Waals surface area contributed by atoms with Crippen LogP contribution >= 0.6 is 0 Å². The Bertz CT molecular complexity index is 375. The van der Waals surface area contributed by atoms with E-state index in [1.807, 2.05) is 6.92 Å². The molecule has 1 saturated carbocycles. The van der Waals surface area contributed by atoms with Gasteiger partial charge in [0, 0.05) is 5.92 Å². The fourth-order valence-corrected chi connectivity index (χ4v) is 3.02. The fraction of sp³-hybridized carbons (Fsp3) is 0.750. The molecule has 5 heteroatoms. The van der Waals surface area contributed by atoms with Crippen LogP contribution in [0.5, 0.6) is 0 Å². The summed E-state index contributed by atoms with van der Waals surface area (Å²) in [7, 11) is -3.43. The van der Waals surface area contributed by atoms with Gasteiger partial charge in [0.25, 0.3) is 0 Å². The van der Waals surface area contributed by atoms with Crippen LogP contribution in [0.15, 0.2) is 12.7 Å². The Kier molecular flexibility index (Phi) is 5.18. The summed E-state index contributed by atoms with van der Waals surface area (Å²) in [5.41, 5.74) is 0. The Hall–Kier alpha value is -0.840. The maximum atomic E-state index is 11.6. The molecule has 1 N–H and O–H groups in total. The van der Waals surface area contributed by atoms with Crippen molar-refractivity contribution in [2.75, 3.05) is 5.75 Å². The van der Waals surface area contributed by atoms with Gasteiger partial charge in [0.2, 0.25) is 15.9 Å². The normalized spacial score (nSPS) is 23.1. The molecular weight excluding hydrogens is 238 g/mol. The predicted octanol–water partition coefficient (Wildman–Crippen LogP) is 1.83. The molecule has 0 aromatic heterocycles. The molecule has 0 aromatic rings. The topological polar surface area (TPSA) is 63.2 Å². The number of carbonyl (C=O) groups excluding carboxylic acids is 1. The van der Waals surface area contributed by atoms with Crippen molar-refractivity contribution in [1.29, 1.82) is 0 Å². The number of nitrogens with one attached hydrogen (secondary N) is 1. The molecule has 0 aliphatic heterocycles. The minimum atomic E-state index is -3.43. The number of hydrogen-bond donors (Lipinski definition) is 1. The molecule has 1 aliphatic rings. The third kappa shape index (κ3) is 4.89. The third-order valence-electron chi connectivity index (χ3n) is 3.11. The first-order chi connectivity index (χ1) is 8.00. The van der Waals surface area contributed by atoms with Gasteiger partial charge in [-0.1, -0.05) is 19.4 Å². The standard InChI is InChI=1S/C12H21NO3S/c1-3-5-6-7-8-17(15,16)13-12(14)11-9-10(11)4-2/h3,10-11H,1,4-9H2,2H3,(H,13,14). The fourth-order valence-electron chi connectivity index (χ4n) is 1.88. The van der Waals surface area contributed by atoms with E-state index in [1.165, 1.54) is 0 Å². The predicted molar refractivity (Wildman–Crippen MR) is 67.9 cm³/mol. The highest BCUT2D eigenvalue weighted by molar-refractivity contribution is 7.90. The van der Waals surface area contributed by atoms with Crippen molar-refractivity contribution in [1.82, 2.24) is 4.72 Å². The highest BCUT2D eigenvalue weighted by Gasteiger charge is 2.42. The lowest BCUT2D eigenvalue weighted by atomic mass is 10.2. The van der Waals surface area contributed by atoms with Gasteiger partial charge in [-0.15, -0.1) is 6.58 Å². The van der Waals surface area contributed by atoms with Crippen LogP contribution in [0.3, 0.4) is 0 Å². The van der Waals surface area contributed by atoms with Gasteiger partial charge in [-0.05, 0) is 31.6 Å². The van der Waals surface area contributed by atoms with Crippen molar-refractivity contribution in [3.05, 3.63) is 12.7 Å². The van der Waals surface area contributed by atoms with Crippen molar-refractivity contribution in [3.63, 3.8) is 0 Å². The molecule has 0 spiro atoms. The molecule has 1 fully saturated rings. The van der Waals surface area contributed by atoms with Gasteiger partial charge >= 0.3 is 0 Å². The molecule has 4 nitrogen and oxygen atoms in total. The van der Waals surface area contributed by atoms with Gasteiger partial charge in [0.05, 0.1) is 5.75 Å². The Morgan fingerprint density at radius 1 is 1.47 bits per heavy atom. The summed E-state index contributed by atoms with van der Waals surface area (Å²) in [5, 5.41) is 0. The molecule has 1 amide bonds. The second-order valence-electron chi connectivity index (χ2n) is 4.58. The summed E-state index contributed by atoms with van der Waals surface area (Å²) in [6.07, 6.45) is 5.70. The minimum absolute atomic E-state index is 0.0239. The highest BCUT2D eigenvalue weighted by Crippen LogP contribution is 2.41. The smallest absolute Gasteiger partial charge is 0.236 e. The Balaban J connectivity index is 2.29. The summed E-state index contributed by atoms with van der Waals surface area (Å²) >= 11 is 0. The molecule has 2 unspecified atom stereocenters. The lowest BCUT2D eigenvalue weighted by Gasteiger charge is -2.05. The molecule has 0 aromatic carbocycles. The number of rotatable bonds is 8. The van der Waals surface area contributed by atoms with E-state index in [0.29, 0.717) is 12.3 Å². The van der Waals surface area contributed by atoms with Crippen LogP contribution < -0.4 is 4.72 Å². The molecule has 0 radical (unpaired) electrons. The first-order valence-corrected chi connectivity index (χ1v) is 7.80. The average molecular weight is 259 g/mol. The van der Waals surface area contributed by atoms with E-state index in [2.05, 4.69) is 11.3 Å². The van der Waals surface area contributed by atoms with Crippen LogP contribution in [0.1, 0.15) is 39.0 Å². The van der Waals surface area contributed by atoms with E-state index in [0.717, 1.165) is 25.7 Å². The molecule has 2 atom stereocenters. The molecule has 0 heterocycles.